The van der Waals surface area contributed by atoms with Crippen molar-refractivity contribution in [1.82, 2.24) is 0 Å². The summed E-state index contributed by atoms with van der Waals surface area (Å²) in [5.41, 5.74) is 6.12. The lowest BCUT2D eigenvalue weighted by atomic mass is 10.2. The maximum absolute atomic E-state index is 13.1. The van der Waals surface area contributed by atoms with Crippen molar-refractivity contribution < 1.29 is 13.5 Å². The summed E-state index contributed by atoms with van der Waals surface area (Å²) in [6.07, 6.45) is 0.325. The Hall–Kier alpha value is -0.700. The van der Waals surface area contributed by atoms with Crippen molar-refractivity contribution in [3.63, 3.8) is 0 Å². The van der Waals surface area contributed by atoms with E-state index in [1.54, 1.807) is 19.1 Å². The number of benzene rings is 1. The van der Waals surface area contributed by atoms with Crippen molar-refractivity contribution in [2.75, 3.05) is 13.3 Å². The van der Waals surface area contributed by atoms with E-state index in [1.165, 1.54) is 0 Å². The molecule has 0 fully saturated rings. The van der Waals surface area contributed by atoms with Crippen LogP contribution in [0.15, 0.2) is 24.3 Å². The van der Waals surface area contributed by atoms with Crippen LogP contribution >= 0.6 is 8.46 Å². The maximum Gasteiger partial charge on any atom is 0.224 e. The first-order chi connectivity index (χ1) is 7.26. The summed E-state index contributed by atoms with van der Waals surface area (Å²) in [6, 6.07) is 7.19. The average Bonchev–Trinajstić information content (AvgIpc) is 2.22. The van der Waals surface area contributed by atoms with Crippen molar-refractivity contribution >= 4 is 8.46 Å². The normalized spacial score (nSPS) is 12.5. The molecule has 5 heteroatoms. The molecule has 0 radical (unpaired) electrons. The molecule has 0 bridgehead atoms. The fourth-order valence-electron chi connectivity index (χ4n) is 1.12. The Bertz CT molecular complexity index is 281. The van der Waals surface area contributed by atoms with Gasteiger partial charge in [0.05, 0.1) is 6.61 Å². The first-order valence-electron chi connectivity index (χ1n) is 4.74. The highest BCUT2D eigenvalue weighted by Gasteiger charge is 2.07. The van der Waals surface area contributed by atoms with Crippen molar-refractivity contribution in [3.05, 3.63) is 29.8 Å². The molecule has 0 aliphatic heterocycles. The van der Waals surface area contributed by atoms with E-state index in [-0.39, 0.29) is 6.73 Å². The van der Waals surface area contributed by atoms with Gasteiger partial charge in [-0.2, -0.15) is 4.20 Å². The number of halogens is 1. The van der Waals surface area contributed by atoms with Crippen LogP contribution in [0.2, 0.25) is 0 Å². The Balaban J connectivity index is 2.48. The van der Waals surface area contributed by atoms with E-state index in [0.717, 1.165) is 5.56 Å². The molecule has 0 aliphatic rings. The highest BCUT2D eigenvalue weighted by molar-refractivity contribution is 7.45. The van der Waals surface area contributed by atoms with E-state index in [1.807, 2.05) is 12.1 Å². The fraction of sp³-hybridized carbons (Fsp3) is 0.400. The second-order valence-corrected chi connectivity index (χ2v) is 4.06. The highest BCUT2D eigenvalue weighted by atomic mass is 31.2. The summed E-state index contributed by atoms with van der Waals surface area (Å²) < 4.78 is 23.1. The molecule has 1 aromatic rings. The van der Waals surface area contributed by atoms with E-state index >= 15 is 0 Å². The van der Waals surface area contributed by atoms with Crippen molar-refractivity contribution in [1.29, 1.82) is 0 Å². The molecular formula is C10H15FNO2P. The zero-order chi connectivity index (χ0) is 11.1. The van der Waals surface area contributed by atoms with Crippen molar-refractivity contribution in [2.45, 2.75) is 13.1 Å². The fourth-order valence-corrected chi connectivity index (χ4v) is 1.99. The van der Waals surface area contributed by atoms with Gasteiger partial charge >= 0.3 is 0 Å². The first-order valence-corrected chi connectivity index (χ1v) is 6.08. The monoisotopic (exact) mass is 231 g/mol. The Kier molecular flexibility index (Phi) is 5.54. The summed E-state index contributed by atoms with van der Waals surface area (Å²) in [5.74, 6) is 0.695. The molecule has 0 spiro atoms. The smallest absolute Gasteiger partial charge is 0.224 e. The molecule has 84 valence electrons. The lowest BCUT2D eigenvalue weighted by molar-refractivity contribution is 0.329. The van der Waals surface area contributed by atoms with Crippen LogP contribution in [-0.4, -0.2) is 13.3 Å². The largest absolute Gasteiger partial charge is 0.479 e. The van der Waals surface area contributed by atoms with Gasteiger partial charge in [-0.05, 0) is 24.6 Å². The van der Waals surface area contributed by atoms with Crippen LogP contribution in [0.25, 0.3) is 0 Å². The Morgan fingerprint density at radius 1 is 1.33 bits per heavy atom. The average molecular weight is 231 g/mol. The molecular weight excluding hydrogens is 216 g/mol. The minimum Gasteiger partial charge on any atom is -0.479 e. The third-order valence-corrected chi connectivity index (χ3v) is 2.90. The molecule has 1 rings (SSSR count). The van der Waals surface area contributed by atoms with Crippen LogP contribution in [-0.2, 0) is 10.7 Å². The predicted octanol–water partition coefficient (Wildman–Crippen LogP) is 2.80. The topological polar surface area (TPSA) is 44.5 Å². The van der Waals surface area contributed by atoms with Crippen LogP contribution in [0, 0.1) is 0 Å². The van der Waals surface area contributed by atoms with Gasteiger partial charge in [-0.1, -0.05) is 12.1 Å². The lowest BCUT2D eigenvalue weighted by Gasteiger charge is -2.07. The molecule has 15 heavy (non-hydrogen) atoms. The summed E-state index contributed by atoms with van der Waals surface area (Å²) in [7, 11) is -1.84. The molecule has 2 N–H and O–H groups in total. The van der Waals surface area contributed by atoms with Gasteiger partial charge in [0.15, 0.2) is 0 Å². The minimum atomic E-state index is -1.84. The van der Waals surface area contributed by atoms with Crippen LogP contribution in [0.3, 0.4) is 0 Å². The van der Waals surface area contributed by atoms with Gasteiger partial charge in [0.2, 0.25) is 8.46 Å². The number of ether oxygens (including phenoxy) is 1. The zero-order valence-electron chi connectivity index (χ0n) is 8.65. The molecule has 1 atom stereocenters. The van der Waals surface area contributed by atoms with Crippen LogP contribution in [0.5, 0.6) is 5.75 Å². The summed E-state index contributed by atoms with van der Waals surface area (Å²) in [5, 5.41) is 0. The minimum absolute atomic E-state index is 0.147. The van der Waals surface area contributed by atoms with E-state index in [9.17, 15) is 4.20 Å². The van der Waals surface area contributed by atoms with Gasteiger partial charge in [-0.25, -0.2) is 0 Å². The van der Waals surface area contributed by atoms with E-state index in [4.69, 9.17) is 15.0 Å². The first kappa shape index (κ1) is 12.4. The molecule has 0 saturated heterocycles. The SMILES string of the molecule is CCOP(F)Cc1ccc(OCN)cc1. The third kappa shape index (κ3) is 4.56. The van der Waals surface area contributed by atoms with Gasteiger partial charge in [-0.3, -0.25) is 5.73 Å². The number of nitrogens with two attached hydrogens (primary N) is 1. The van der Waals surface area contributed by atoms with Crippen molar-refractivity contribution in [2.24, 2.45) is 5.73 Å². The second-order valence-electron chi connectivity index (χ2n) is 2.85. The van der Waals surface area contributed by atoms with Crippen LogP contribution in [0.1, 0.15) is 12.5 Å². The predicted molar refractivity (Wildman–Crippen MR) is 59.5 cm³/mol. The van der Waals surface area contributed by atoms with E-state index in [0.29, 0.717) is 18.5 Å². The van der Waals surface area contributed by atoms with E-state index < -0.39 is 8.46 Å². The molecule has 0 saturated carbocycles. The highest BCUT2D eigenvalue weighted by Crippen LogP contribution is 2.42. The quantitative estimate of drug-likeness (QED) is 0.604. The molecule has 0 heterocycles. The van der Waals surface area contributed by atoms with E-state index in [2.05, 4.69) is 0 Å². The molecule has 0 amide bonds. The summed E-state index contributed by atoms with van der Waals surface area (Å²) in [6.45, 7) is 2.35. The maximum atomic E-state index is 13.1. The molecule has 0 aliphatic carbocycles. The Morgan fingerprint density at radius 2 is 2.00 bits per heavy atom. The van der Waals surface area contributed by atoms with Crippen LogP contribution < -0.4 is 10.5 Å². The number of hydrogen-bond donors (Lipinski definition) is 1. The molecule has 1 aromatic carbocycles. The Labute approximate surface area is 90.3 Å². The van der Waals surface area contributed by atoms with Crippen molar-refractivity contribution in [3.8, 4) is 5.75 Å². The second kappa shape index (κ2) is 6.72. The zero-order valence-corrected chi connectivity index (χ0v) is 9.54. The lowest BCUT2D eigenvalue weighted by Crippen LogP contribution is -2.07. The van der Waals surface area contributed by atoms with Gasteiger partial charge in [0.1, 0.15) is 12.5 Å². The van der Waals surface area contributed by atoms with Gasteiger partial charge in [0, 0.05) is 6.16 Å². The molecule has 3 nitrogen and oxygen atoms in total. The standard InChI is InChI=1S/C10H15FNO2P/c1-2-14-15(11)7-9-3-5-10(6-4-9)13-8-12/h3-6H,2,7-8,12H2,1H3. The third-order valence-electron chi connectivity index (χ3n) is 1.75. The van der Waals surface area contributed by atoms with Gasteiger partial charge in [-0.15, -0.1) is 0 Å². The summed E-state index contributed by atoms with van der Waals surface area (Å²) >= 11 is 0. The summed E-state index contributed by atoms with van der Waals surface area (Å²) in [4.78, 5) is 0. The van der Waals surface area contributed by atoms with Gasteiger partial charge < -0.3 is 9.26 Å². The molecule has 1 unspecified atom stereocenters. The molecule has 0 aromatic heterocycles. The van der Waals surface area contributed by atoms with Crippen LogP contribution in [0.4, 0.5) is 4.20 Å². The number of hydrogen-bond acceptors (Lipinski definition) is 3. The van der Waals surface area contributed by atoms with Gasteiger partial charge in [0.25, 0.3) is 0 Å². The number of rotatable bonds is 6. The Morgan fingerprint density at radius 3 is 2.53 bits per heavy atom.